The summed E-state index contributed by atoms with van der Waals surface area (Å²) in [7, 11) is -4.41. The van der Waals surface area contributed by atoms with Crippen LogP contribution in [-0.2, 0) is 10.1 Å². The Hall–Kier alpha value is -2.72. The van der Waals surface area contributed by atoms with Crippen LogP contribution in [0.5, 0.6) is 11.6 Å². The molecule has 0 spiro atoms. The molecule has 1 aromatic heterocycles. The number of aromatic nitrogens is 2. The summed E-state index contributed by atoms with van der Waals surface area (Å²) in [6.45, 7) is 0. The lowest BCUT2D eigenvalue weighted by Crippen LogP contribution is -2.28. The van der Waals surface area contributed by atoms with Crippen molar-refractivity contribution in [1.82, 2.24) is 9.78 Å². The summed E-state index contributed by atoms with van der Waals surface area (Å²) in [5.41, 5.74) is -4.34. The highest BCUT2D eigenvalue weighted by atomic mass is 35.5. The molecular formula is C17H12ClF3N2O4S. The quantitative estimate of drug-likeness (QED) is 0.440. The molecule has 2 aromatic carbocycles. The van der Waals surface area contributed by atoms with Gasteiger partial charge >= 0.3 is 15.6 Å². The van der Waals surface area contributed by atoms with Crippen LogP contribution in [-0.4, -0.2) is 30.8 Å². The van der Waals surface area contributed by atoms with Crippen LogP contribution in [0.3, 0.4) is 0 Å². The number of alkyl halides is 3. The van der Waals surface area contributed by atoms with E-state index in [-0.39, 0.29) is 5.69 Å². The van der Waals surface area contributed by atoms with Crippen molar-refractivity contribution in [3.8, 4) is 28.6 Å². The van der Waals surface area contributed by atoms with E-state index >= 15 is 0 Å². The van der Waals surface area contributed by atoms with Gasteiger partial charge in [-0.3, -0.25) is 0 Å². The fraction of sp³-hybridized carbons (Fsp3) is 0.118. The number of rotatable bonds is 5. The van der Waals surface area contributed by atoms with Gasteiger partial charge in [-0.1, -0.05) is 29.8 Å². The Bertz CT molecular complexity index is 1100. The molecule has 0 N–H and O–H groups in total. The first-order valence-electron chi connectivity index (χ1n) is 7.62. The Balaban J connectivity index is 2.13. The minimum absolute atomic E-state index is 0.289. The van der Waals surface area contributed by atoms with Gasteiger partial charge in [0.05, 0.1) is 18.5 Å². The van der Waals surface area contributed by atoms with Crippen molar-refractivity contribution >= 4 is 21.7 Å². The van der Waals surface area contributed by atoms with Crippen molar-refractivity contribution in [1.29, 1.82) is 0 Å². The topological polar surface area (TPSA) is 70.4 Å². The first-order valence-corrected chi connectivity index (χ1v) is 9.40. The lowest BCUT2D eigenvalue weighted by molar-refractivity contribution is -0.0501. The molecule has 28 heavy (non-hydrogen) atoms. The summed E-state index contributed by atoms with van der Waals surface area (Å²) in [5, 5.41) is 4.33. The molecule has 0 atom stereocenters. The highest BCUT2D eigenvalue weighted by Crippen LogP contribution is 2.32. The Morgan fingerprint density at radius 3 is 2.36 bits per heavy atom. The molecule has 3 rings (SSSR count). The van der Waals surface area contributed by atoms with E-state index < -0.39 is 21.5 Å². The fourth-order valence-corrected chi connectivity index (χ4v) is 2.85. The van der Waals surface area contributed by atoms with Crippen LogP contribution in [0.4, 0.5) is 13.2 Å². The third-order valence-electron chi connectivity index (χ3n) is 3.60. The number of hydrogen-bond acceptors (Lipinski definition) is 5. The van der Waals surface area contributed by atoms with Crippen LogP contribution in [0.1, 0.15) is 0 Å². The molecule has 3 aromatic rings. The van der Waals surface area contributed by atoms with Gasteiger partial charge < -0.3 is 8.92 Å². The molecule has 0 saturated heterocycles. The highest BCUT2D eigenvalue weighted by molar-refractivity contribution is 7.87. The van der Waals surface area contributed by atoms with Crippen molar-refractivity contribution in [3.63, 3.8) is 0 Å². The van der Waals surface area contributed by atoms with Gasteiger partial charge in [0.1, 0.15) is 5.75 Å². The molecule has 0 saturated carbocycles. The molecule has 0 aliphatic heterocycles. The van der Waals surface area contributed by atoms with E-state index in [9.17, 15) is 21.6 Å². The molecule has 11 heteroatoms. The van der Waals surface area contributed by atoms with Crippen molar-refractivity contribution in [2.24, 2.45) is 0 Å². The first-order chi connectivity index (χ1) is 13.1. The van der Waals surface area contributed by atoms with E-state index in [0.717, 1.165) is 6.07 Å². The smallest absolute Gasteiger partial charge is 0.497 e. The monoisotopic (exact) mass is 432 g/mol. The minimum atomic E-state index is -5.86. The van der Waals surface area contributed by atoms with Crippen LogP contribution in [0.2, 0.25) is 5.02 Å². The molecule has 0 radical (unpaired) electrons. The average Bonchev–Trinajstić information content (AvgIpc) is 3.04. The number of benzene rings is 2. The maximum atomic E-state index is 12.6. The van der Waals surface area contributed by atoms with Crippen LogP contribution in [0.15, 0.2) is 54.6 Å². The predicted octanol–water partition coefficient (Wildman–Crippen LogP) is 4.43. The minimum Gasteiger partial charge on any atom is -0.497 e. The lowest BCUT2D eigenvalue weighted by Gasteiger charge is -2.09. The Labute approximate surface area is 163 Å². The molecule has 0 bridgehead atoms. The first kappa shape index (κ1) is 20.0. The van der Waals surface area contributed by atoms with Crippen molar-refractivity contribution < 1.29 is 30.5 Å². The zero-order valence-corrected chi connectivity index (χ0v) is 15.7. The number of ether oxygens (including phenoxy) is 1. The fourth-order valence-electron chi connectivity index (χ4n) is 2.33. The van der Waals surface area contributed by atoms with Crippen LogP contribution >= 0.6 is 11.6 Å². The lowest BCUT2D eigenvalue weighted by atomic mass is 10.1. The predicted molar refractivity (Wildman–Crippen MR) is 96.2 cm³/mol. The molecule has 0 unspecified atom stereocenters. The number of methoxy groups -OCH3 is 1. The average molecular weight is 433 g/mol. The molecule has 0 aliphatic carbocycles. The maximum absolute atomic E-state index is 12.6. The zero-order valence-electron chi connectivity index (χ0n) is 14.1. The van der Waals surface area contributed by atoms with Gasteiger partial charge in [-0.2, -0.15) is 21.6 Å². The number of nitrogens with zero attached hydrogens (tertiary/aromatic N) is 2. The Morgan fingerprint density at radius 2 is 1.75 bits per heavy atom. The molecule has 0 amide bonds. The normalized spacial score (nSPS) is 12.0. The molecule has 148 valence electrons. The highest BCUT2D eigenvalue weighted by Gasteiger charge is 2.49. The molecular weight excluding hydrogens is 421 g/mol. The summed E-state index contributed by atoms with van der Waals surface area (Å²) >= 11 is 5.87. The van der Waals surface area contributed by atoms with E-state index in [1.807, 2.05) is 0 Å². The van der Waals surface area contributed by atoms with E-state index in [4.69, 9.17) is 16.3 Å². The van der Waals surface area contributed by atoms with E-state index in [1.54, 1.807) is 48.5 Å². The van der Waals surface area contributed by atoms with Gasteiger partial charge in [0.2, 0.25) is 0 Å². The summed E-state index contributed by atoms with van der Waals surface area (Å²) in [6, 6.07) is 14.0. The van der Waals surface area contributed by atoms with Crippen LogP contribution in [0, 0.1) is 0 Å². The maximum Gasteiger partial charge on any atom is 0.534 e. The Morgan fingerprint density at radius 1 is 1.07 bits per heavy atom. The molecule has 1 heterocycles. The standard InChI is InChI=1S/C17H12ClF3N2O4S/c1-26-14-4-2-3-13(9-14)23-15(11-5-7-12(18)8-6-11)10-16(22-23)27-28(24,25)17(19,20)21/h2-10H,1H3. The van der Waals surface area contributed by atoms with Crippen molar-refractivity contribution in [3.05, 3.63) is 59.6 Å². The van der Waals surface area contributed by atoms with Gasteiger partial charge in [0.25, 0.3) is 5.88 Å². The zero-order chi connectivity index (χ0) is 20.5. The largest absolute Gasteiger partial charge is 0.534 e. The van der Waals surface area contributed by atoms with Crippen LogP contribution in [0.25, 0.3) is 16.9 Å². The molecule has 0 fully saturated rings. The van der Waals surface area contributed by atoms with Crippen molar-refractivity contribution in [2.45, 2.75) is 5.51 Å². The van der Waals surface area contributed by atoms with Crippen molar-refractivity contribution in [2.75, 3.05) is 7.11 Å². The summed E-state index contributed by atoms with van der Waals surface area (Å²) in [4.78, 5) is 0. The summed E-state index contributed by atoms with van der Waals surface area (Å²) < 4.78 is 71.1. The number of halogens is 4. The Kier molecular flexibility index (Phi) is 5.26. The van der Waals surface area contributed by atoms with Gasteiger partial charge in [-0.25, -0.2) is 4.68 Å². The summed E-state index contributed by atoms with van der Waals surface area (Å²) in [5.74, 6) is -0.259. The third-order valence-corrected chi connectivity index (χ3v) is 4.81. The van der Waals surface area contributed by atoms with E-state index in [0.29, 0.717) is 22.0 Å². The second-order valence-corrected chi connectivity index (χ2v) is 7.45. The van der Waals surface area contributed by atoms with Gasteiger partial charge in [-0.15, -0.1) is 5.10 Å². The second-order valence-electron chi connectivity index (χ2n) is 5.47. The molecule has 0 aliphatic rings. The van der Waals surface area contributed by atoms with E-state index in [1.165, 1.54) is 11.8 Å². The van der Waals surface area contributed by atoms with Gasteiger partial charge in [0.15, 0.2) is 0 Å². The van der Waals surface area contributed by atoms with Gasteiger partial charge in [-0.05, 0) is 24.3 Å². The number of hydrogen-bond donors (Lipinski definition) is 0. The third kappa shape index (κ3) is 4.07. The van der Waals surface area contributed by atoms with E-state index in [2.05, 4.69) is 9.28 Å². The molecule has 6 nitrogen and oxygen atoms in total. The summed E-state index contributed by atoms with van der Waals surface area (Å²) in [6.07, 6.45) is 0. The van der Waals surface area contributed by atoms with Gasteiger partial charge in [0, 0.05) is 22.7 Å². The van der Waals surface area contributed by atoms with Crippen LogP contribution < -0.4 is 8.92 Å². The second kappa shape index (κ2) is 7.36. The SMILES string of the molecule is COc1cccc(-n2nc(OS(=O)(=O)C(F)(F)F)cc2-c2ccc(Cl)cc2)c1.